The summed E-state index contributed by atoms with van der Waals surface area (Å²) in [6, 6.07) is 0. The summed E-state index contributed by atoms with van der Waals surface area (Å²) in [5.41, 5.74) is 0. The molecular weight excluding hydrogens is 456 g/mol. The lowest BCUT2D eigenvalue weighted by Crippen LogP contribution is -1.83. The summed E-state index contributed by atoms with van der Waals surface area (Å²) in [6.45, 7) is 6.11. The van der Waals surface area contributed by atoms with E-state index in [1.807, 2.05) is 0 Å². The molecule has 0 N–H and O–H groups in total. The zero-order chi connectivity index (χ0) is 27.5. The van der Waals surface area contributed by atoms with Crippen LogP contribution in [0.15, 0.2) is 24.8 Å². The Bertz CT molecular complexity index is 433. The second-order valence-electron chi connectivity index (χ2n) is 12.4. The highest BCUT2D eigenvalue weighted by Crippen LogP contribution is 2.15. The van der Waals surface area contributed by atoms with E-state index in [2.05, 4.69) is 31.7 Å². The minimum absolute atomic E-state index is 1.20. The van der Waals surface area contributed by atoms with E-state index in [9.17, 15) is 0 Å². The van der Waals surface area contributed by atoms with Crippen LogP contribution >= 0.6 is 0 Å². The Morgan fingerprint density at radius 2 is 0.500 bits per heavy atom. The van der Waals surface area contributed by atoms with Crippen LogP contribution in [0, 0.1) is 0 Å². The molecule has 0 heteroatoms. The van der Waals surface area contributed by atoms with E-state index >= 15 is 0 Å². The summed E-state index contributed by atoms with van der Waals surface area (Å²) >= 11 is 0. The lowest BCUT2D eigenvalue weighted by molar-refractivity contribution is 0.530. The smallest absolute Gasteiger partial charge is 0.0351 e. The predicted molar refractivity (Wildman–Crippen MR) is 177 cm³/mol. The normalized spacial score (nSPS) is 11.6. The monoisotopic (exact) mass is 531 g/mol. The molecule has 0 aliphatic rings. The molecule has 0 aromatic carbocycles. The van der Waals surface area contributed by atoms with Gasteiger partial charge in [0.2, 0.25) is 0 Å². The van der Waals surface area contributed by atoms with Crippen molar-refractivity contribution in [2.75, 3.05) is 0 Å². The second-order valence-corrected chi connectivity index (χ2v) is 12.4. The minimum Gasteiger partial charge on any atom is -0.103 e. The Balaban J connectivity index is 3.08. The van der Waals surface area contributed by atoms with E-state index < -0.39 is 0 Å². The Morgan fingerprint density at radius 1 is 0.289 bits per heavy atom. The van der Waals surface area contributed by atoms with Gasteiger partial charge in [0.15, 0.2) is 0 Å². The van der Waals surface area contributed by atoms with Crippen LogP contribution in [0.5, 0.6) is 0 Å². The molecule has 0 fully saturated rings. The van der Waals surface area contributed by atoms with Crippen molar-refractivity contribution in [3.8, 4) is 0 Å². The number of unbranched alkanes of at least 4 members (excludes halogenated alkanes) is 31. The van der Waals surface area contributed by atoms with E-state index in [4.69, 9.17) is 0 Å². The van der Waals surface area contributed by atoms with Crippen LogP contribution in [0.4, 0.5) is 0 Å². The molecule has 0 aromatic heterocycles. The number of allylic oxidation sites excluding steroid dienone is 3. The average Bonchev–Trinajstić information content (AvgIpc) is 2.93. The standard InChI is InChI=1S/C38H74/c1-3-5-7-9-11-13-15-17-19-21-23-25-27-29-31-33-35-37-38-36-34-32-30-28-26-24-22-20-18-16-14-12-10-8-6-4-2/h3,37-38H,1,4-36H2,2H3. The number of rotatable bonds is 34. The van der Waals surface area contributed by atoms with Gasteiger partial charge in [-0.25, -0.2) is 0 Å². The highest BCUT2D eigenvalue weighted by molar-refractivity contribution is 4.81. The third kappa shape index (κ3) is 35.5. The molecule has 0 rings (SSSR count). The van der Waals surface area contributed by atoms with Gasteiger partial charge in [0.25, 0.3) is 0 Å². The number of hydrogen-bond acceptors (Lipinski definition) is 0. The maximum atomic E-state index is 3.80. The molecule has 0 aliphatic heterocycles. The Hall–Kier alpha value is -0.520. The first-order valence-corrected chi connectivity index (χ1v) is 18.2. The van der Waals surface area contributed by atoms with E-state index in [1.54, 1.807) is 0 Å². The molecule has 0 heterocycles. The van der Waals surface area contributed by atoms with Crippen molar-refractivity contribution in [1.29, 1.82) is 0 Å². The van der Waals surface area contributed by atoms with E-state index in [1.165, 1.54) is 212 Å². The van der Waals surface area contributed by atoms with Gasteiger partial charge in [0.05, 0.1) is 0 Å². The van der Waals surface area contributed by atoms with Crippen LogP contribution in [-0.4, -0.2) is 0 Å². The van der Waals surface area contributed by atoms with Gasteiger partial charge in [0.1, 0.15) is 0 Å². The average molecular weight is 531 g/mol. The van der Waals surface area contributed by atoms with Gasteiger partial charge in [-0.3, -0.25) is 0 Å². The first-order chi connectivity index (χ1) is 18.9. The molecule has 226 valence electrons. The lowest BCUT2D eigenvalue weighted by atomic mass is 10.0. The highest BCUT2D eigenvalue weighted by Gasteiger charge is 1.96. The first-order valence-electron chi connectivity index (χ1n) is 18.2. The van der Waals surface area contributed by atoms with Gasteiger partial charge in [-0.05, 0) is 38.5 Å². The topological polar surface area (TPSA) is 0 Å². The largest absolute Gasteiger partial charge is 0.103 e. The van der Waals surface area contributed by atoms with Gasteiger partial charge in [0, 0.05) is 0 Å². The zero-order valence-corrected chi connectivity index (χ0v) is 26.8. The molecule has 0 bridgehead atoms. The van der Waals surface area contributed by atoms with Crippen molar-refractivity contribution < 1.29 is 0 Å². The Labute approximate surface area is 243 Å². The fourth-order valence-electron chi connectivity index (χ4n) is 5.72. The maximum Gasteiger partial charge on any atom is -0.0351 e. The first kappa shape index (κ1) is 37.5. The van der Waals surface area contributed by atoms with Crippen molar-refractivity contribution in [1.82, 2.24) is 0 Å². The molecule has 0 radical (unpaired) electrons. The molecule has 0 aromatic rings. The van der Waals surface area contributed by atoms with E-state index in [-0.39, 0.29) is 0 Å². The molecular formula is C38H74. The summed E-state index contributed by atoms with van der Waals surface area (Å²) < 4.78 is 0. The predicted octanol–water partition coefficient (Wildman–Crippen LogP) is 14.6. The van der Waals surface area contributed by atoms with E-state index in [0.29, 0.717) is 0 Å². The molecule has 0 saturated carbocycles. The molecule has 0 amide bonds. The summed E-state index contributed by atoms with van der Waals surface area (Å²) in [7, 11) is 0. The Morgan fingerprint density at radius 3 is 0.737 bits per heavy atom. The molecule has 0 saturated heterocycles. The molecule has 0 spiro atoms. The van der Waals surface area contributed by atoms with Crippen LogP contribution in [0.25, 0.3) is 0 Å². The molecule has 0 aliphatic carbocycles. The molecule has 0 nitrogen and oxygen atoms in total. The highest BCUT2D eigenvalue weighted by atomic mass is 14.0. The van der Waals surface area contributed by atoms with Crippen molar-refractivity contribution in [2.24, 2.45) is 0 Å². The van der Waals surface area contributed by atoms with Gasteiger partial charge in [-0.1, -0.05) is 199 Å². The van der Waals surface area contributed by atoms with Crippen molar-refractivity contribution in [3.05, 3.63) is 24.8 Å². The van der Waals surface area contributed by atoms with Crippen LogP contribution in [-0.2, 0) is 0 Å². The van der Waals surface area contributed by atoms with Gasteiger partial charge in [-0.2, -0.15) is 0 Å². The van der Waals surface area contributed by atoms with Crippen molar-refractivity contribution >= 4 is 0 Å². The fraction of sp³-hybridized carbons (Fsp3) is 0.895. The third-order valence-corrected chi connectivity index (χ3v) is 8.42. The number of hydrogen-bond donors (Lipinski definition) is 0. The summed E-state index contributed by atoms with van der Waals surface area (Å²) in [5.74, 6) is 0. The van der Waals surface area contributed by atoms with Gasteiger partial charge >= 0.3 is 0 Å². The van der Waals surface area contributed by atoms with Crippen molar-refractivity contribution in [3.63, 3.8) is 0 Å². The summed E-state index contributed by atoms with van der Waals surface area (Å²) in [5, 5.41) is 0. The minimum atomic E-state index is 1.20. The molecule has 38 heavy (non-hydrogen) atoms. The fourth-order valence-corrected chi connectivity index (χ4v) is 5.72. The van der Waals surface area contributed by atoms with Crippen LogP contribution in [0.2, 0.25) is 0 Å². The van der Waals surface area contributed by atoms with E-state index in [0.717, 1.165) is 0 Å². The van der Waals surface area contributed by atoms with Crippen LogP contribution < -0.4 is 0 Å². The quantitative estimate of drug-likeness (QED) is 0.0573. The molecule has 0 unspecified atom stereocenters. The lowest BCUT2D eigenvalue weighted by Gasteiger charge is -2.03. The van der Waals surface area contributed by atoms with Gasteiger partial charge < -0.3 is 0 Å². The van der Waals surface area contributed by atoms with Crippen LogP contribution in [0.3, 0.4) is 0 Å². The summed E-state index contributed by atoms with van der Waals surface area (Å²) in [4.78, 5) is 0. The molecule has 0 atom stereocenters. The van der Waals surface area contributed by atoms with Gasteiger partial charge in [-0.15, -0.1) is 6.58 Å². The summed E-state index contributed by atoms with van der Waals surface area (Å²) in [6.07, 6.45) is 54.4. The zero-order valence-electron chi connectivity index (χ0n) is 26.8. The SMILES string of the molecule is C=CCCCCCCCCCCCCCCCCC=CCCCCCCCCCCCCCCCCCC. The third-order valence-electron chi connectivity index (χ3n) is 8.42. The Kier molecular flexibility index (Phi) is 36.0. The maximum absolute atomic E-state index is 3.80. The van der Waals surface area contributed by atoms with Crippen LogP contribution in [0.1, 0.15) is 219 Å². The van der Waals surface area contributed by atoms with Crippen molar-refractivity contribution in [2.45, 2.75) is 219 Å². The second kappa shape index (κ2) is 36.5.